The molecule has 0 aliphatic carbocycles. The Balaban J connectivity index is 5.77. The molecule has 0 radical (unpaired) electrons. The fraction of sp³-hybridized carbons (Fsp3) is 1.00. The van der Waals surface area contributed by atoms with Gasteiger partial charge in [-0.15, -0.1) is 0 Å². The maximum Gasteiger partial charge on any atom is -0.0219 e. The molecular weight excluding hydrogens is 204 g/mol. The van der Waals surface area contributed by atoms with E-state index < -0.39 is 0 Å². The highest BCUT2D eigenvalue weighted by Crippen LogP contribution is 2.61. The van der Waals surface area contributed by atoms with Crippen molar-refractivity contribution < 1.29 is 0 Å². The Kier molecular flexibility index (Phi) is 5.33. The van der Waals surface area contributed by atoms with Crippen molar-refractivity contribution in [2.24, 2.45) is 28.1 Å². The van der Waals surface area contributed by atoms with Crippen molar-refractivity contribution in [1.82, 2.24) is 0 Å². The van der Waals surface area contributed by atoms with Crippen LogP contribution in [0.2, 0.25) is 0 Å². The van der Waals surface area contributed by atoms with E-state index in [1.165, 1.54) is 12.8 Å². The molecule has 17 heavy (non-hydrogen) atoms. The van der Waals surface area contributed by atoms with E-state index in [-0.39, 0.29) is 0 Å². The van der Waals surface area contributed by atoms with E-state index in [4.69, 9.17) is 0 Å². The third kappa shape index (κ3) is 2.42. The van der Waals surface area contributed by atoms with Crippen molar-refractivity contribution in [3.63, 3.8) is 0 Å². The maximum absolute atomic E-state index is 2.52. The van der Waals surface area contributed by atoms with E-state index >= 15 is 0 Å². The van der Waals surface area contributed by atoms with Crippen molar-refractivity contribution >= 4 is 0 Å². The Morgan fingerprint density at radius 3 is 1.24 bits per heavy atom. The van der Waals surface area contributed by atoms with Gasteiger partial charge in [0, 0.05) is 0 Å². The molecule has 0 fully saturated rings. The number of hydrogen-bond acceptors (Lipinski definition) is 0. The quantitative estimate of drug-likeness (QED) is 0.522. The van der Waals surface area contributed by atoms with Crippen LogP contribution >= 0.6 is 0 Å². The van der Waals surface area contributed by atoms with Gasteiger partial charge in [-0.25, -0.2) is 0 Å². The van der Waals surface area contributed by atoms with Gasteiger partial charge in [-0.2, -0.15) is 0 Å². The molecule has 0 aromatic heterocycles. The Labute approximate surface area is 111 Å². The Morgan fingerprint density at radius 1 is 0.706 bits per heavy atom. The molecule has 0 aromatic carbocycles. The van der Waals surface area contributed by atoms with Crippen LogP contribution in [0.5, 0.6) is 0 Å². The molecule has 0 aliphatic rings. The van der Waals surface area contributed by atoms with Gasteiger partial charge in [0.15, 0.2) is 0 Å². The van der Waals surface area contributed by atoms with E-state index in [1.54, 1.807) is 0 Å². The number of hydrogen-bond donors (Lipinski definition) is 0. The minimum absolute atomic E-state index is 0.386. The van der Waals surface area contributed by atoms with Gasteiger partial charge in [0.25, 0.3) is 0 Å². The predicted octanol–water partition coefficient (Wildman–Crippen LogP) is 6.16. The van der Waals surface area contributed by atoms with Crippen LogP contribution in [0.1, 0.15) is 82.1 Å². The third-order valence-corrected chi connectivity index (χ3v) is 6.67. The molecule has 1 atom stereocenters. The smallest absolute Gasteiger partial charge is 0.0219 e. The summed E-state index contributed by atoms with van der Waals surface area (Å²) in [5.41, 5.74) is 1.17. The maximum atomic E-state index is 2.52. The molecule has 0 saturated carbocycles. The highest BCUT2D eigenvalue weighted by atomic mass is 14.6. The zero-order chi connectivity index (χ0) is 14.1. The first-order chi connectivity index (χ1) is 7.51. The topological polar surface area (TPSA) is 0 Å². The molecule has 0 nitrogen and oxygen atoms in total. The summed E-state index contributed by atoms with van der Waals surface area (Å²) in [6, 6.07) is 0. The molecule has 0 spiro atoms. The van der Waals surface area contributed by atoms with Crippen LogP contribution in [0.4, 0.5) is 0 Å². The summed E-state index contributed by atoms with van der Waals surface area (Å²) >= 11 is 0. The van der Waals surface area contributed by atoms with Crippen molar-refractivity contribution in [2.45, 2.75) is 82.1 Å². The Morgan fingerprint density at radius 2 is 1.06 bits per heavy atom. The van der Waals surface area contributed by atoms with Gasteiger partial charge >= 0.3 is 0 Å². The molecule has 0 aliphatic heterocycles. The summed E-state index contributed by atoms with van der Waals surface area (Å²) in [5.74, 6) is 1.44. The fourth-order valence-corrected chi connectivity index (χ4v) is 3.92. The van der Waals surface area contributed by atoms with E-state index in [2.05, 4.69) is 69.2 Å². The van der Waals surface area contributed by atoms with Crippen LogP contribution in [0, 0.1) is 28.1 Å². The minimum atomic E-state index is 0.386. The lowest BCUT2D eigenvalue weighted by Gasteiger charge is -2.59. The summed E-state index contributed by atoms with van der Waals surface area (Å²) in [7, 11) is 0. The molecule has 104 valence electrons. The molecular formula is C17H36. The Hall–Kier alpha value is 0. The Bertz CT molecular complexity index is 226. The zero-order valence-corrected chi connectivity index (χ0v) is 14.1. The van der Waals surface area contributed by atoms with E-state index in [0.717, 1.165) is 11.8 Å². The third-order valence-electron chi connectivity index (χ3n) is 6.67. The van der Waals surface area contributed by atoms with Crippen LogP contribution in [-0.4, -0.2) is 0 Å². The van der Waals surface area contributed by atoms with Crippen LogP contribution in [0.3, 0.4) is 0 Å². The second-order valence-electron chi connectivity index (χ2n) is 7.52. The van der Waals surface area contributed by atoms with Gasteiger partial charge in [0.1, 0.15) is 0 Å². The highest BCUT2D eigenvalue weighted by Gasteiger charge is 2.54. The molecule has 0 rings (SSSR count). The molecule has 0 amide bonds. The second kappa shape index (κ2) is 5.33. The average Bonchev–Trinajstić information content (AvgIpc) is 2.25. The van der Waals surface area contributed by atoms with Crippen LogP contribution in [0.15, 0.2) is 0 Å². The summed E-state index contributed by atoms with van der Waals surface area (Å²) < 4.78 is 0. The van der Waals surface area contributed by atoms with Gasteiger partial charge < -0.3 is 0 Å². The lowest BCUT2D eigenvalue weighted by molar-refractivity contribution is -0.110. The molecule has 0 N–H and O–H groups in total. The first kappa shape index (κ1) is 17.0. The SMILES string of the molecule is CCC(C)(C)C(C)(CC)C(C)(C(C)C)C(C)C. The summed E-state index contributed by atoms with van der Waals surface area (Å²) in [6.45, 7) is 24.3. The summed E-state index contributed by atoms with van der Waals surface area (Å²) in [6.07, 6.45) is 2.52. The first-order valence-corrected chi connectivity index (χ1v) is 7.51. The predicted molar refractivity (Wildman–Crippen MR) is 80.3 cm³/mol. The normalized spacial score (nSPS) is 17.6. The van der Waals surface area contributed by atoms with Gasteiger partial charge in [0.05, 0.1) is 0 Å². The lowest BCUT2D eigenvalue weighted by Crippen LogP contribution is -2.53. The van der Waals surface area contributed by atoms with Crippen molar-refractivity contribution in [1.29, 1.82) is 0 Å². The lowest BCUT2D eigenvalue weighted by atomic mass is 9.45. The molecule has 1 unspecified atom stereocenters. The van der Waals surface area contributed by atoms with E-state index in [0.29, 0.717) is 16.2 Å². The standard InChI is InChI=1S/C17H36/c1-11-15(7,8)16(9,12-2)17(10,13(3)4)14(5)6/h13-14H,11-12H2,1-10H3. The zero-order valence-electron chi connectivity index (χ0n) is 14.1. The van der Waals surface area contributed by atoms with Crippen molar-refractivity contribution in [2.75, 3.05) is 0 Å². The molecule has 0 heteroatoms. The summed E-state index contributed by atoms with van der Waals surface area (Å²) in [5, 5.41) is 0. The van der Waals surface area contributed by atoms with Crippen LogP contribution in [0.25, 0.3) is 0 Å². The van der Waals surface area contributed by atoms with Crippen molar-refractivity contribution in [3.05, 3.63) is 0 Å². The van der Waals surface area contributed by atoms with Gasteiger partial charge in [0.2, 0.25) is 0 Å². The first-order valence-electron chi connectivity index (χ1n) is 7.51. The van der Waals surface area contributed by atoms with E-state index in [9.17, 15) is 0 Å². The second-order valence-corrected chi connectivity index (χ2v) is 7.52. The molecule has 0 heterocycles. The van der Waals surface area contributed by atoms with Gasteiger partial charge in [-0.3, -0.25) is 0 Å². The summed E-state index contributed by atoms with van der Waals surface area (Å²) in [4.78, 5) is 0. The molecule has 0 bridgehead atoms. The molecule has 0 saturated heterocycles. The molecule has 0 aromatic rings. The van der Waals surface area contributed by atoms with Crippen LogP contribution < -0.4 is 0 Å². The highest BCUT2D eigenvalue weighted by molar-refractivity contribution is 5.02. The minimum Gasteiger partial charge on any atom is -0.0649 e. The van der Waals surface area contributed by atoms with Crippen LogP contribution in [-0.2, 0) is 0 Å². The number of rotatable bonds is 6. The van der Waals surface area contributed by atoms with E-state index in [1.807, 2.05) is 0 Å². The fourth-order valence-electron chi connectivity index (χ4n) is 3.92. The van der Waals surface area contributed by atoms with Crippen molar-refractivity contribution in [3.8, 4) is 0 Å². The van der Waals surface area contributed by atoms with Gasteiger partial charge in [-0.1, -0.05) is 75.7 Å². The monoisotopic (exact) mass is 240 g/mol. The largest absolute Gasteiger partial charge is 0.0649 e. The van der Waals surface area contributed by atoms with Gasteiger partial charge in [-0.05, 0) is 34.5 Å². The average molecular weight is 240 g/mol.